The number of benzene rings is 2. The number of piperidine rings is 1. The Kier molecular flexibility index (Phi) is 6.22. The molecule has 3 N–H and O–H groups in total. The van der Waals surface area contributed by atoms with Gasteiger partial charge in [0.1, 0.15) is 6.04 Å². The Hall–Kier alpha value is -3.99. The maximum absolute atomic E-state index is 14.7. The van der Waals surface area contributed by atoms with Crippen molar-refractivity contribution in [3.63, 3.8) is 0 Å². The Morgan fingerprint density at radius 2 is 1.80 bits per heavy atom. The standard InChI is InChI=1S/C31H33N5O5/c1-32-30(38)27-14-18-5-2-3-6-19(18)15-35(27)31(39)24-13-20-12-23(36(40)41)9-10-26(20)34-16-21-11-22(29(24)34)17-33-25(21)7-4-8-28(33)37/h2-10,12,21-22,24,27,29,36,40H,11,13-17H2,1H3,(H,32,38)/t21?,22?,24-,27+,29+/m1/s1. The highest BCUT2D eigenvalue weighted by atomic mass is 16.8. The van der Waals surface area contributed by atoms with E-state index in [0.717, 1.165) is 34.5 Å². The van der Waals surface area contributed by atoms with Gasteiger partial charge in [0.05, 0.1) is 5.92 Å². The van der Waals surface area contributed by atoms with E-state index in [2.05, 4.69) is 10.2 Å². The quantitative estimate of drug-likeness (QED) is 0.417. The third-order valence-electron chi connectivity index (χ3n) is 9.65. The van der Waals surface area contributed by atoms with Crippen LogP contribution in [0.5, 0.6) is 0 Å². The summed E-state index contributed by atoms with van der Waals surface area (Å²) < 4.78 is 1.87. The van der Waals surface area contributed by atoms with Gasteiger partial charge in [-0.25, -0.2) is 5.21 Å². The van der Waals surface area contributed by atoms with Crippen LogP contribution < -0.4 is 21.0 Å². The van der Waals surface area contributed by atoms with Gasteiger partial charge in [-0.15, -0.1) is 0 Å². The van der Waals surface area contributed by atoms with Crippen molar-refractivity contribution >= 4 is 23.2 Å². The van der Waals surface area contributed by atoms with E-state index < -0.39 is 17.2 Å². The summed E-state index contributed by atoms with van der Waals surface area (Å²) in [5.41, 5.74) is 5.06. The molecule has 2 aromatic carbocycles. The number of carbonyl (C=O) groups is 2. The average Bonchev–Trinajstić information content (AvgIpc) is 2.99. The Balaban J connectivity index is 1.32. The molecule has 3 aromatic rings. The highest BCUT2D eigenvalue weighted by Gasteiger charge is 2.51. The zero-order chi connectivity index (χ0) is 28.4. The van der Waals surface area contributed by atoms with Crippen LogP contribution in [-0.4, -0.2) is 52.2 Å². The molecule has 2 amide bonds. The molecule has 0 saturated carbocycles. The topological polar surface area (TPSA) is 122 Å². The van der Waals surface area contributed by atoms with Gasteiger partial charge in [0.25, 0.3) is 5.56 Å². The maximum Gasteiger partial charge on any atom is 0.250 e. The minimum atomic E-state index is -1.01. The number of fused-ring (bicyclic) bond motifs is 9. The molecule has 4 aliphatic rings. The van der Waals surface area contributed by atoms with Crippen LogP contribution in [0.3, 0.4) is 0 Å². The lowest BCUT2D eigenvalue weighted by Gasteiger charge is -2.55. The van der Waals surface area contributed by atoms with Crippen LogP contribution in [0.2, 0.25) is 0 Å². The second-order valence-electron chi connectivity index (χ2n) is 11.8. The van der Waals surface area contributed by atoms with Gasteiger partial charge in [-0.2, -0.15) is 5.23 Å². The molecule has 4 aliphatic heterocycles. The van der Waals surface area contributed by atoms with Gasteiger partial charge in [-0.1, -0.05) is 30.3 Å². The van der Waals surface area contributed by atoms with Crippen LogP contribution in [0.1, 0.15) is 34.7 Å². The number of amides is 2. The number of nitrogens with one attached hydrogen (secondary N) is 2. The number of nitrogens with zero attached hydrogens (tertiary/aromatic N) is 3. The first-order chi connectivity index (χ1) is 19.8. The summed E-state index contributed by atoms with van der Waals surface area (Å²) in [5, 5.41) is 23.3. The fourth-order valence-corrected chi connectivity index (χ4v) is 7.84. The summed E-state index contributed by atoms with van der Waals surface area (Å²) in [5.74, 6) is -0.607. The van der Waals surface area contributed by atoms with Crippen LogP contribution in [-0.2, 0) is 35.5 Å². The molecule has 41 heavy (non-hydrogen) atoms. The predicted molar refractivity (Wildman–Crippen MR) is 151 cm³/mol. The third-order valence-corrected chi connectivity index (χ3v) is 9.65. The Morgan fingerprint density at radius 3 is 2.59 bits per heavy atom. The summed E-state index contributed by atoms with van der Waals surface area (Å²) >= 11 is 0. The van der Waals surface area contributed by atoms with E-state index in [-0.39, 0.29) is 40.9 Å². The van der Waals surface area contributed by atoms with Crippen molar-refractivity contribution in [1.29, 1.82) is 0 Å². The summed E-state index contributed by atoms with van der Waals surface area (Å²) in [7, 11) is 1.59. The van der Waals surface area contributed by atoms with Crippen LogP contribution >= 0.6 is 0 Å². The highest BCUT2D eigenvalue weighted by molar-refractivity contribution is 5.90. The van der Waals surface area contributed by atoms with Crippen molar-refractivity contribution in [2.75, 3.05) is 18.5 Å². The molecule has 0 aliphatic carbocycles. The largest absolute Gasteiger partial charge is 0.595 e. The summed E-state index contributed by atoms with van der Waals surface area (Å²) in [6.45, 7) is 1.50. The number of pyridine rings is 1. The average molecular weight is 556 g/mol. The van der Waals surface area contributed by atoms with Gasteiger partial charge < -0.3 is 24.9 Å². The minimum absolute atomic E-state index is 0.0249. The van der Waals surface area contributed by atoms with Crippen molar-refractivity contribution < 1.29 is 20.0 Å². The minimum Gasteiger partial charge on any atom is -0.595 e. The maximum atomic E-state index is 14.7. The number of aromatic nitrogens is 1. The van der Waals surface area contributed by atoms with E-state index in [4.69, 9.17) is 0 Å². The molecule has 3 unspecified atom stereocenters. The van der Waals surface area contributed by atoms with E-state index in [0.29, 0.717) is 32.5 Å². The summed E-state index contributed by atoms with van der Waals surface area (Å²) in [4.78, 5) is 44.7. The summed E-state index contributed by atoms with van der Waals surface area (Å²) in [6, 6.07) is 17.7. The van der Waals surface area contributed by atoms with Crippen molar-refractivity contribution in [2.45, 2.75) is 50.4 Å². The zero-order valence-electron chi connectivity index (χ0n) is 22.8. The van der Waals surface area contributed by atoms with Crippen molar-refractivity contribution in [1.82, 2.24) is 14.8 Å². The molecule has 1 fully saturated rings. The predicted octanol–water partition coefficient (Wildman–Crippen LogP) is 1.12. The smallest absolute Gasteiger partial charge is 0.250 e. The molecule has 10 heteroatoms. The first kappa shape index (κ1) is 25.9. The van der Waals surface area contributed by atoms with Crippen molar-refractivity contribution in [3.05, 3.63) is 98.6 Å². The highest BCUT2D eigenvalue weighted by Crippen LogP contribution is 2.48. The molecule has 212 valence electrons. The number of hydrogen-bond donors (Lipinski definition) is 3. The van der Waals surface area contributed by atoms with Gasteiger partial charge in [0, 0.05) is 74.6 Å². The third kappa shape index (κ3) is 4.16. The SMILES string of the molecule is CNC(=O)[C@@H]1Cc2ccccc2CN1C(=O)[C@@H]1Cc2cc([NH+]([O-])O)ccc2N2CC3CC(Cn4c3cccc4=O)[C@@H]12. The van der Waals surface area contributed by atoms with Crippen LogP contribution in [0.4, 0.5) is 11.4 Å². The Labute approximate surface area is 237 Å². The lowest BCUT2D eigenvalue weighted by molar-refractivity contribution is -0.991. The van der Waals surface area contributed by atoms with Crippen molar-refractivity contribution in [3.8, 4) is 0 Å². The fourth-order valence-electron chi connectivity index (χ4n) is 7.84. The lowest BCUT2D eigenvalue weighted by atomic mass is 9.69. The molecular weight excluding hydrogens is 522 g/mol. The van der Waals surface area contributed by atoms with E-state index in [1.807, 2.05) is 47.0 Å². The normalized spacial score (nSPS) is 26.7. The first-order valence-corrected chi connectivity index (χ1v) is 14.3. The second-order valence-corrected chi connectivity index (χ2v) is 11.8. The Morgan fingerprint density at radius 1 is 1.00 bits per heavy atom. The van der Waals surface area contributed by atoms with E-state index in [1.54, 1.807) is 30.1 Å². The number of anilines is 1. The van der Waals surface area contributed by atoms with E-state index >= 15 is 0 Å². The molecule has 7 rings (SSSR count). The number of quaternary nitrogens is 1. The molecule has 1 aromatic heterocycles. The second kappa shape index (κ2) is 9.83. The number of rotatable bonds is 3. The van der Waals surface area contributed by atoms with Gasteiger partial charge >= 0.3 is 0 Å². The number of likely N-dealkylation sites (N-methyl/N-ethyl adjacent to an activating group) is 1. The van der Waals surface area contributed by atoms with Crippen LogP contribution in [0.15, 0.2) is 65.5 Å². The van der Waals surface area contributed by atoms with Crippen LogP contribution in [0.25, 0.3) is 0 Å². The summed E-state index contributed by atoms with van der Waals surface area (Å²) in [6.07, 6.45) is 1.70. The lowest BCUT2D eigenvalue weighted by Crippen LogP contribution is -2.99. The monoisotopic (exact) mass is 555 g/mol. The molecule has 2 bridgehead atoms. The molecule has 5 heterocycles. The Bertz CT molecular complexity index is 1600. The van der Waals surface area contributed by atoms with Crippen LogP contribution in [0, 0.1) is 17.0 Å². The first-order valence-electron chi connectivity index (χ1n) is 14.3. The van der Waals surface area contributed by atoms with Gasteiger partial charge in [-0.05, 0) is 47.6 Å². The molecule has 0 radical (unpaired) electrons. The van der Waals surface area contributed by atoms with Gasteiger partial charge in [0.15, 0.2) is 5.69 Å². The van der Waals surface area contributed by atoms with E-state index in [9.17, 15) is 24.8 Å². The van der Waals surface area contributed by atoms with Gasteiger partial charge in [-0.3, -0.25) is 14.4 Å². The van der Waals surface area contributed by atoms with Crippen molar-refractivity contribution in [2.24, 2.45) is 11.8 Å². The molecule has 1 saturated heterocycles. The number of hydrogen-bond acceptors (Lipinski definition) is 6. The zero-order valence-corrected chi connectivity index (χ0v) is 22.8. The fraction of sp³-hybridized carbons (Fsp3) is 0.387. The van der Waals surface area contributed by atoms with Gasteiger partial charge in [0.2, 0.25) is 11.8 Å². The molecular formula is C31H33N5O5. The molecule has 0 spiro atoms. The van der Waals surface area contributed by atoms with E-state index in [1.165, 1.54) is 0 Å². The molecule has 10 nitrogen and oxygen atoms in total. The molecule has 6 atom stereocenters. The number of carbonyl (C=O) groups excluding carboxylic acids is 2.